The molecule has 0 saturated carbocycles. The maximum absolute atomic E-state index is 6.39. The number of nitrogens with zero attached hydrogens (tertiary/aromatic N) is 5. The molecule has 1 saturated heterocycles. The topological polar surface area (TPSA) is 81.6 Å². The van der Waals surface area contributed by atoms with E-state index in [-0.39, 0.29) is 0 Å². The Labute approximate surface area is 176 Å². The minimum absolute atomic E-state index is 0.552. The Bertz CT molecular complexity index is 1180. The van der Waals surface area contributed by atoms with E-state index in [1.165, 1.54) is 0 Å². The van der Waals surface area contributed by atoms with Gasteiger partial charge in [-0.25, -0.2) is 4.98 Å². The summed E-state index contributed by atoms with van der Waals surface area (Å²) in [5, 5.41) is 5.56. The van der Waals surface area contributed by atoms with Gasteiger partial charge in [-0.3, -0.25) is 9.88 Å². The molecule has 0 amide bonds. The number of nitrogens with two attached hydrogens (primary N) is 1. The molecule has 1 fully saturated rings. The van der Waals surface area contributed by atoms with Gasteiger partial charge in [0.1, 0.15) is 5.82 Å². The first-order chi connectivity index (χ1) is 14.2. The third-order valence-corrected chi connectivity index (χ3v) is 6.14. The summed E-state index contributed by atoms with van der Waals surface area (Å²) in [5.74, 6) is 0.552. The van der Waals surface area contributed by atoms with E-state index in [4.69, 9.17) is 15.5 Å². The first kappa shape index (κ1) is 18.5. The molecule has 0 atom stereocenters. The van der Waals surface area contributed by atoms with Crippen molar-refractivity contribution < 1.29 is 4.74 Å². The molecule has 0 bridgehead atoms. The minimum Gasteiger partial charge on any atom is -0.383 e. The van der Waals surface area contributed by atoms with Crippen molar-refractivity contribution in [3.05, 3.63) is 52.9 Å². The van der Waals surface area contributed by atoms with Gasteiger partial charge in [-0.1, -0.05) is 18.2 Å². The van der Waals surface area contributed by atoms with Crippen molar-refractivity contribution in [1.82, 2.24) is 24.5 Å². The Hall–Kier alpha value is -2.55. The molecule has 5 rings (SSSR count). The lowest BCUT2D eigenvalue weighted by Gasteiger charge is -2.20. The summed E-state index contributed by atoms with van der Waals surface area (Å²) < 4.78 is 8.04. The summed E-state index contributed by atoms with van der Waals surface area (Å²) in [7, 11) is 0. The molecule has 7 nitrogen and oxygen atoms in total. The highest BCUT2D eigenvalue weighted by molar-refractivity contribution is 9.10. The molecule has 148 valence electrons. The Balaban J connectivity index is 1.58. The molecule has 1 aromatic carbocycles. The predicted octanol–water partition coefficient (Wildman–Crippen LogP) is 3.51. The summed E-state index contributed by atoms with van der Waals surface area (Å²) in [6.07, 6.45) is 4.70. The molecule has 29 heavy (non-hydrogen) atoms. The number of para-hydroxylation sites is 1. The molecule has 8 heteroatoms. The number of nitrogen functional groups attached to an aromatic ring is 1. The van der Waals surface area contributed by atoms with Crippen LogP contribution < -0.4 is 5.73 Å². The predicted molar refractivity (Wildman–Crippen MR) is 117 cm³/mol. The van der Waals surface area contributed by atoms with E-state index in [1.54, 1.807) is 10.7 Å². The average molecular weight is 453 g/mol. The third-order valence-electron chi connectivity index (χ3n) is 5.28. The van der Waals surface area contributed by atoms with Gasteiger partial charge in [0.15, 0.2) is 5.65 Å². The van der Waals surface area contributed by atoms with Gasteiger partial charge in [-0.05, 0) is 34.5 Å². The fourth-order valence-corrected chi connectivity index (χ4v) is 4.12. The molecule has 1 aliphatic rings. The zero-order valence-corrected chi connectivity index (χ0v) is 17.5. The van der Waals surface area contributed by atoms with Gasteiger partial charge in [0.25, 0.3) is 0 Å². The number of anilines is 1. The Kier molecular flexibility index (Phi) is 4.91. The highest BCUT2D eigenvalue weighted by Crippen LogP contribution is 2.31. The van der Waals surface area contributed by atoms with Crippen LogP contribution in [0.4, 0.5) is 5.82 Å². The number of rotatable bonds is 3. The van der Waals surface area contributed by atoms with Crippen molar-refractivity contribution in [2.24, 2.45) is 0 Å². The van der Waals surface area contributed by atoms with Gasteiger partial charge in [0.2, 0.25) is 0 Å². The van der Waals surface area contributed by atoms with Crippen LogP contribution in [0.3, 0.4) is 0 Å². The summed E-state index contributed by atoms with van der Waals surface area (Å²) in [6, 6.07) is 10.2. The van der Waals surface area contributed by atoms with Crippen molar-refractivity contribution in [1.29, 1.82) is 0 Å². The van der Waals surface area contributed by atoms with E-state index in [0.717, 1.165) is 70.6 Å². The quantitative estimate of drug-likeness (QED) is 0.512. The van der Waals surface area contributed by atoms with Crippen LogP contribution in [-0.2, 0) is 11.3 Å². The molecule has 1 aliphatic heterocycles. The molecule has 0 aliphatic carbocycles. The number of aromatic nitrogens is 4. The number of halogens is 1. The molecular weight excluding hydrogens is 432 g/mol. The van der Waals surface area contributed by atoms with Gasteiger partial charge in [-0.15, -0.1) is 0 Å². The maximum Gasteiger partial charge on any atom is 0.165 e. The molecule has 0 spiro atoms. The third kappa shape index (κ3) is 3.48. The van der Waals surface area contributed by atoms with E-state index in [1.807, 2.05) is 24.4 Å². The van der Waals surface area contributed by atoms with E-state index >= 15 is 0 Å². The number of fused-ring (bicyclic) bond motifs is 2. The lowest BCUT2D eigenvalue weighted by Crippen LogP contribution is -2.27. The fourth-order valence-electron chi connectivity index (χ4n) is 3.74. The van der Waals surface area contributed by atoms with E-state index in [2.05, 4.69) is 43.0 Å². The minimum atomic E-state index is 0.552. The normalized spacial score (nSPS) is 15.8. The summed E-state index contributed by atoms with van der Waals surface area (Å²) >= 11 is 3.63. The lowest BCUT2D eigenvalue weighted by atomic mass is 10.1. The highest BCUT2D eigenvalue weighted by Gasteiger charge is 2.19. The number of hydrogen-bond donors (Lipinski definition) is 1. The second-order valence-electron chi connectivity index (χ2n) is 7.21. The highest BCUT2D eigenvalue weighted by atomic mass is 79.9. The molecular formula is C21H21BrN6O. The van der Waals surface area contributed by atoms with E-state index in [0.29, 0.717) is 12.4 Å². The van der Waals surface area contributed by atoms with Gasteiger partial charge >= 0.3 is 0 Å². The molecule has 0 unspecified atom stereocenters. The van der Waals surface area contributed by atoms with Gasteiger partial charge in [0.05, 0.1) is 28.5 Å². The maximum atomic E-state index is 6.39. The van der Waals surface area contributed by atoms with Crippen molar-refractivity contribution in [3.8, 4) is 11.1 Å². The monoisotopic (exact) mass is 452 g/mol. The standard InChI is InChI=1S/C21H21BrN6O/c22-19-18(13-27-6-3-8-29-9-7-27)26-21-16(12-25-28(21)20(19)23)15-10-14-4-1-2-5-17(14)24-11-15/h1-2,4-5,10-12H,3,6-9,13,23H2. The zero-order valence-electron chi connectivity index (χ0n) is 15.9. The van der Waals surface area contributed by atoms with Crippen LogP contribution in [0.25, 0.3) is 27.7 Å². The second kappa shape index (κ2) is 7.70. The number of ether oxygens (including phenoxy) is 1. The van der Waals surface area contributed by atoms with Gasteiger partial charge < -0.3 is 10.5 Å². The van der Waals surface area contributed by atoms with Crippen LogP contribution in [-0.4, -0.2) is 50.8 Å². The number of hydrogen-bond acceptors (Lipinski definition) is 6. The number of benzene rings is 1. The van der Waals surface area contributed by atoms with Crippen LogP contribution in [0.15, 0.2) is 47.2 Å². The largest absolute Gasteiger partial charge is 0.383 e. The van der Waals surface area contributed by atoms with E-state index < -0.39 is 0 Å². The summed E-state index contributed by atoms with van der Waals surface area (Å²) in [4.78, 5) is 11.9. The smallest absolute Gasteiger partial charge is 0.165 e. The lowest BCUT2D eigenvalue weighted by molar-refractivity contribution is 0.140. The van der Waals surface area contributed by atoms with Crippen molar-refractivity contribution in [2.75, 3.05) is 32.0 Å². The van der Waals surface area contributed by atoms with Crippen LogP contribution in [0.1, 0.15) is 12.1 Å². The molecule has 4 aromatic rings. The molecule has 3 aromatic heterocycles. The van der Waals surface area contributed by atoms with Crippen molar-refractivity contribution >= 4 is 38.3 Å². The van der Waals surface area contributed by atoms with Crippen molar-refractivity contribution in [2.45, 2.75) is 13.0 Å². The summed E-state index contributed by atoms with van der Waals surface area (Å²) in [5.41, 5.74) is 10.9. The molecule has 4 heterocycles. The van der Waals surface area contributed by atoms with E-state index in [9.17, 15) is 0 Å². The average Bonchev–Trinajstić information content (AvgIpc) is 3.00. The Morgan fingerprint density at radius 1 is 1.14 bits per heavy atom. The molecule has 0 radical (unpaired) electrons. The van der Waals surface area contributed by atoms with Crippen LogP contribution in [0.5, 0.6) is 0 Å². The fraction of sp³-hybridized carbons (Fsp3) is 0.286. The first-order valence-electron chi connectivity index (χ1n) is 9.67. The number of pyridine rings is 1. The van der Waals surface area contributed by atoms with Crippen LogP contribution in [0.2, 0.25) is 0 Å². The van der Waals surface area contributed by atoms with Gasteiger partial charge in [-0.2, -0.15) is 9.61 Å². The summed E-state index contributed by atoms with van der Waals surface area (Å²) in [6.45, 7) is 4.15. The Morgan fingerprint density at radius 2 is 2.03 bits per heavy atom. The first-order valence-corrected chi connectivity index (χ1v) is 10.5. The second-order valence-corrected chi connectivity index (χ2v) is 8.00. The van der Waals surface area contributed by atoms with Gasteiger partial charge in [0, 0.05) is 49.0 Å². The van der Waals surface area contributed by atoms with Crippen LogP contribution in [0, 0.1) is 0 Å². The molecule has 2 N–H and O–H groups in total. The zero-order chi connectivity index (χ0) is 19.8. The SMILES string of the molecule is Nc1c(Br)c(CN2CCCOCC2)nc2c(-c3cnc4ccccc4c3)cnn12. The Morgan fingerprint density at radius 3 is 2.97 bits per heavy atom. The van der Waals surface area contributed by atoms with Crippen molar-refractivity contribution in [3.63, 3.8) is 0 Å². The van der Waals surface area contributed by atoms with Crippen LogP contribution >= 0.6 is 15.9 Å².